The second-order valence-corrected chi connectivity index (χ2v) is 7.38. The maximum Gasteiger partial charge on any atom is 0.220 e. The Balaban J connectivity index is 1.40. The molecule has 2 fully saturated rings. The van der Waals surface area contributed by atoms with Crippen LogP contribution >= 0.6 is 0 Å². The molecule has 0 radical (unpaired) electrons. The van der Waals surface area contributed by atoms with Gasteiger partial charge in [-0.2, -0.15) is 4.98 Å². The number of nitrogens with zero attached hydrogens (tertiary/aromatic N) is 3. The van der Waals surface area contributed by atoms with Crippen molar-refractivity contribution in [2.45, 2.75) is 50.5 Å². The van der Waals surface area contributed by atoms with Gasteiger partial charge in [-0.25, -0.2) is 4.98 Å². The van der Waals surface area contributed by atoms with E-state index in [-0.39, 0.29) is 6.10 Å². The van der Waals surface area contributed by atoms with Gasteiger partial charge in [-0.05, 0) is 50.7 Å². The minimum atomic E-state index is -0.219. The summed E-state index contributed by atoms with van der Waals surface area (Å²) in [6.07, 6.45) is 7.07. The van der Waals surface area contributed by atoms with Crippen LogP contribution in [0.3, 0.4) is 0 Å². The maximum absolute atomic E-state index is 9.84. The fraction of sp³-hybridized carbons (Fsp3) is 0.550. The van der Waals surface area contributed by atoms with Crippen LogP contribution in [0.4, 0.5) is 0 Å². The summed E-state index contributed by atoms with van der Waals surface area (Å²) in [5, 5.41) is 9.84. The highest BCUT2D eigenvalue weighted by atomic mass is 16.5. The van der Waals surface area contributed by atoms with Gasteiger partial charge < -0.3 is 14.6 Å². The average molecular weight is 355 g/mol. The molecule has 4 rings (SSSR count). The summed E-state index contributed by atoms with van der Waals surface area (Å²) >= 11 is 0. The number of aliphatic hydroxyl groups excluding tert-OH is 1. The molecule has 26 heavy (non-hydrogen) atoms. The topological polar surface area (TPSA) is 77.4 Å². The molecule has 4 unspecified atom stereocenters. The van der Waals surface area contributed by atoms with E-state index in [2.05, 4.69) is 15.0 Å². The number of hydrogen-bond donors (Lipinski definition) is 1. The Morgan fingerprint density at radius 3 is 2.73 bits per heavy atom. The van der Waals surface area contributed by atoms with Crippen LogP contribution in [-0.2, 0) is 0 Å². The maximum atomic E-state index is 9.84. The number of ether oxygens (including phenoxy) is 2. The molecule has 0 spiro atoms. The lowest BCUT2D eigenvalue weighted by atomic mass is 10.00. The minimum absolute atomic E-state index is 0.219. The molecule has 2 aliphatic rings. The lowest BCUT2D eigenvalue weighted by Crippen LogP contribution is -2.09. The van der Waals surface area contributed by atoms with Crippen LogP contribution in [0.2, 0.25) is 0 Å². The molecule has 2 saturated carbocycles. The highest BCUT2D eigenvalue weighted by Gasteiger charge is 2.40. The average Bonchev–Trinajstić information content (AvgIpc) is 3.31. The fourth-order valence-corrected chi connectivity index (χ4v) is 3.81. The zero-order valence-electron chi connectivity index (χ0n) is 15.3. The van der Waals surface area contributed by atoms with Crippen molar-refractivity contribution >= 4 is 0 Å². The first-order valence-electron chi connectivity index (χ1n) is 9.28. The monoisotopic (exact) mass is 355 g/mol. The van der Waals surface area contributed by atoms with E-state index in [9.17, 15) is 5.11 Å². The first-order valence-corrected chi connectivity index (χ1v) is 9.28. The minimum Gasteiger partial charge on any atom is -0.495 e. The van der Waals surface area contributed by atoms with Gasteiger partial charge in [-0.3, -0.25) is 4.98 Å². The summed E-state index contributed by atoms with van der Waals surface area (Å²) in [7, 11) is 1.65. The summed E-state index contributed by atoms with van der Waals surface area (Å²) in [4.78, 5) is 13.3. The molecule has 138 valence electrons. The third kappa shape index (κ3) is 3.65. The normalized spacial score (nSPS) is 27.3. The van der Waals surface area contributed by atoms with Crippen LogP contribution in [0.25, 0.3) is 0 Å². The number of aromatic nitrogens is 3. The Morgan fingerprint density at radius 1 is 1.15 bits per heavy atom. The lowest BCUT2D eigenvalue weighted by Gasteiger charge is -2.15. The number of rotatable bonds is 6. The Morgan fingerprint density at radius 2 is 2.04 bits per heavy atom. The van der Waals surface area contributed by atoms with Crippen molar-refractivity contribution < 1.29 is 14.6 Å². The summed E-state index contributed by atoms with van der Waals surface area (Å²) in [6, 6.07) is 3.99. The molecule has 0 aliphatic heterocycles. The molecule has 6 nitrogen and oxygen atoms in total. The molecule has 0 aromatic carbocycles. The van der Waals surface area contributed by atoms with Crippen molar-refractivity contribution in [2.75, 3.05) is 13.7 Å². The molecule has 2 heterocycles. The molecule has 1 N–H and O–H groups in total. The SMILES string of the molecule is COc1ccc(C2CC2COc2nc(C)ncc2C2CCC(O)C2)nc1. The summed E-state index contributed by atoms with van der Waals surface area (Å²) < 4.78 is 11.3. The Hall–Kier alpha value is -2.21. The molecular weight excluding hydrogens is 330 g/mol. The van der Waals surface area contributed by atoms with Crippen molar-refractivity contribution in [3.63, 3.8) is 0 Å². The Bertz CT molecular complexity index is 765. The third-order valence-corrected chi connectivity index (χ3v) is 5.48. The van der Waals surface area contributed by atoms with Gasteiger partial charge in [0.2, 0.25) is 5.88 Å². The summed E-state index contributed by atoms with van der Waals surface area (Å²) in [5.41, 5.74) is 2.13. The fourth-order valence-electron chi connectivity index (χ4n) is 3.81. The third-order valence-electron chi connectivity index (χ3n) is 5.48. The van der Waals surface area contributed by atoms with Crippen molar-refractivity contribution in [3.05, 3.63) is 41.6 Å². The van der Waals surface area contributed by atoms with Gasteiger partial charge in [0.15, 0.2) is 0 Å². The summed E-state index contributed by atoms with van der Waals surface area (Å²) in [6.45, 7) is 2.51. The zero-order valence-corrected chi connectivity index (χ0v) is 15.3. The van der Waals surface area contributed by atoms with Crippen LogP contribution in [0.1, 0.15) is 54.6 Å². The van der Waals surface area contributed by atoms with Crippen LogP contribution < -0.4 is 9.47 Å². The predicted molar refractivity (Wildman–Crippen MR) is 96.5 cm³/mol. The second kappa shape index (κ2) is 7.19. The van der Waals surface area contributed by atoms with Gasteiger partial charge >= 0.3 is 0 Å². The molecule has 2 aliphatic carbocycles. The van der Waals surface area contributed by atoms with Gasteiger partial charge in [0.1, 0.15) is 11.6 Å². The van der Waals surface area contributed by atoms with E-state index in [1.807, 2.05) is 25.3 Å². The molecule has 2 aromatic rings. The summed E-state index contributed by atoms with van der Waals surface area (Å²) in [5.74, 6) is 3.38. The quantitative estimate of drug-likeness (QED) is 0.858. The standard InChI is InChI=1S/C20H25N3O3/c1-12-21-10-18(13-3-4-15(24)7-13)20(23-12)26-11-14-8-17(14)19-6-5-16(25-2)9-22-19/h5-6,9-10,13-15,17,24H,3-4,7-8,11H2,1-2H3. The van der Waals surface area contributed by atoms with Gasteiger partial charge in [-0.15, -0.1) is 0 Å². The van der Waals surface area contributed by atoms with Gasteiger partial charge in [0.05, 0.1) is 26.0 Å². The van der Waals surface area contributed by atoms with Crippen molar-refractivity contribution in [1.82, 2.24) is 15.0 Å². The van der Waals surface area contributed by atoms with E-state index < -0.39 is 0 Å². The van der Waals surface area contributed by atoms with E-state index in [0.717, 1.165) is 42.7 Å². The van der Waals surface area contributed by atoms with Gasteiger partial charge in [-0.1, -0.05) is 0 Å². The Labute approximate surface area is 153 Å². The van der Waals surface area contributed by atoms with Crippen LogP contribution in [0.5, 0.6) is 11.6 Å². The number of aryl methyl sites for hydroxylation is 1. The van der Waals surface area contributed by atoms with E-state index in [0.29, 0.717) is 36.1 Å². The first-order chi connectivity index (χ1) is 12.6. The molecular formula is C20H25N3O3. The highest BCUT2D eigenvalue weighted by molar-refractivity contribution is 5.30. The van der Waals surface area contributed by atoms with Gasteiger partial charge in [0, 0.05) is 29.3 Å². The highest BCUT2D eigenvalue weighted by Crippen LogP contribution is 2.47. The van der Waals surface area contributed by atoms with Crippen LogP contribution in [0, 0.1) is 12.8 Å². The number of pyridine rings is 1. The molecule has 0 bridgehead atoms. The number of hydrogen-bond acceptors (Lipinski definition) is 6. The van der Waals surface area contributed by atoms with Crippen LogP contribution in [0.15, 0.2) is 24.5 Å². The Kier molecular flexibility index (Phi) is 4.76. The van der Waals surface area contributed by atoms with Crippen molar-refractivity contribution in [1.29, 1.82) is 0 Å². The lowest BCUT2D eigenvalue weighted by molar-refractivity contribution is 0.181. The zero-order chi connectivity index (χ0) is 18.1. The predicted octanol–water partition coefficient (Wildman–Crippen LogP) is 3.00. The van der Waals surface area contributed by atoms with E-state index >= 15 is 0 Å². The molecule has 0 amide bonds. The molecule has 0 saturated heterocycles. The molecule has 6 heteroatoms. The van der Waals surface area contributed by atoms with Crippen molar-refractivity contribution in [2.24, 2.45) is 5.92 Å². The van der Waals surface area contributed by atoms with Crippen molar-refractivity contribution in [3.8, 4) is 11.6 Å². The number of methoxy groups -OCH3 is 1. The van der Waals surface area contributed by atoms with E-state index in [1.54, 1.807) is 13.3 Å². The van der Waals surface area contributed by atoms with E-state index in [1.165, 1.54) is 0 Å². The largest absolute Gasteiger partial charge is 0.495 e. The first kappa shape index (κ1) is 17.2. The molecule has 4 atom stereocenters. The van der Waals surface area contributed by atoms with E-state index in [4.69, 9.17) is 9.47 Å². The molecule has 2 aromatic heterocycles. The second-order valence-electron chi connectivity index (χ2n) is 7.38. The smallest absolute Gasteiger partial charge is 0.220 e. The number of aliphatic hydroxyl groups is 1. The van der Waals surface area contributed by atoms with Crippen LogP contribution in [-0.4, -0.2) is 39.9 Å². The van der Waals surface area contributed by atoms with Gasteiger partial charge in [0.25, 0.3) is 0 Å².